The van der Waals surface area contributed by atoms with Crippen molar-refractivity contribution in [1.29, 1.82) is 0 Å². The molecule has 1 aliphatic carbocycles. The highest BCUT2D eigenvalue weighted by molar-refractivity contribution is 5.98. The van der Waals surface area contributed by atoms with E-state index in [4.69, 9.17) is 0 Å². The third-order valence-corrected chi connectivity index (χ3v) is 6.15. The van der Waals surface area contributed by atoms with E-state index in [1.54, 1.807) is 26.0 Å². The number of pyridine rings is 2. The number of carbonyl (C=O) groups is 2. The molecule has 0 radical (unpaired) electrons. The largest absolute Gasteiger partial charge is 0.417 e. The highest BCUT2D eigenvalue weighted by Crippen LogP contribution is 2.33. The summed E-state index contributed by atoms with van der Waals surface area (Å²) < 4.78 is 38.9. The standard InChI is InChI=1S/C24H27F3N4O2/c1-14-8-19(24(25,26)27)12-28-22(14)31-7-3-4-16(13-31)10-20(32)18-9-15(2)29-21(11-18)30-23(33)17-5-6-17/h8-9,11-12,16-17H,3-7,10,13H2,1-2H3,(H,29,30,33)/t16-/m0/s1. The van der Waals surface area contributed by atoms with Crippen molar-refractivity contribution in [2.45, 2.75) is 52.1 Å². The van der Waals surface area contributed by atoms with Crippen molar-refractivity contribution in [3.8, 4) is 0 Å². The van der Waals surface area contributed by atoms with Crippen LogP contribution in [0.4, 0.5) is 24.8 Å². The predicted molar refractivity (Wildman–Crippen MR) is 118 cm³/mol. The van der Waals surface area contributed by atoms with Crippen molar-refractivity contribution >= 4 is 23.3 Å². The van der Waals surface area contributed by atoms with Crippen molar-refractivity contribution < 1.29 is 22.8 Å². The molecule has 9 heteroatoms. The number of nitrogens with one attached hydrogen (secondary N) is 1. The molecule has 2 aliphatic rings. The number of halogens is 3. The van der Waals surface area contributed by atoms with Crippen LogP contribution in [0.15, 0.2) is 24.4 Å². The van der Waals surface area contributed by atoms with Crippen molar-refractivity contribution in [3.63, 3.8) is 0 Å². The Labute approximate surface area is 190 Å². The molecule has 33 heavy (non-hydrogen) atoms. The average Bonchev–Trinajstić information content (AvgIpc) is 3.58. The first-order valence-corrected chi connectivity index (χ1v) is 11.2. The molecule has 0 unspecified atom stereocenters. The normalized spacial score (nSPS) is 18.8. The number of ketones is 1. The van der Waals surface area contributed by atoms with Gasteiger partial charge in [-0.15, -0.1) is 0 Å². The van der Waals surface area contributed by atoms with Gasteiger partial charge in [0, 0.05) is 42.9 Å². The molecule has 1 saturated heterocycles. The van der Waals surface area contributed by atoms with Gasteiger partial charge in [0.25, 0.3) is 0 Å². The minimum absolute atomic E-state index is 0.0358. The summed E-state index contributed by atoms with van der Waals surface area (Å²) in [4.78, 5) is 35.4. The molecular weight excluding hydrogens is 433 g/mol. The number of carbonyl (C=O) groups excluding carboxylic acids is 2. The number of alkyl halides is 3. The van der Waals surface area contributed by atoms with Crippen molar-refractivity contribution in [1.82, 2.24) is 9.97 Å². The Morgan fingerprint density at radius 2 is 1.91 bits per heavy atom. The topological polar surface area (TPSA) is 75.2 Å². The summed E-state index contributed by atoms with van der Waals surface area (Å²) >= 11 is 0. The summed E-state index contributed by atoms with van der Waals surface area (Å²) in [5.74, 6) is 0.935. The number of amides is 1. The molecule has 3 heterocycles. The lowest BCUT2D eigenvalue weighted by atomic mass is 9.90. The molecule has 176 valence electrons. The third kappa shape index (κ3) is 5.69. The summed E-state index contributed by atoms with van der Waals surface area (Å²) in [6, 6.07) is 4.46. The van der Waals surface area contributed by atoms with Crippen molar-refractivity contribution in [3.05, 3.63) is 46.8 Å². The summed E-state index contributed by atoms with van der Waals surface area (Å²) in [6.45, 7) is 4.66. The van der Waals surface area contributed by atoms with E-state index in [0.717, 1.165) is 37.9 Å². The molecule has 1 amide bonds. The monoisotopic (exact) mass is 460 g/mol. The zero-order chi connectivity index (χ0) is 23.8. The van der Waals surface area contributed by atoms with Gasteiger partial charge < -0.3 is 10.2 Å². The Bertz CT molecular complexity index is 1070. The number of anilines is 2. The van der Waals surface area contributed by atoms with Crippen LogP contribution in [0.1, 0.15) is 59.3 Å². The lowest BCUT2D eigenvalue weighted by molar-refractivity contribution is -0.137. The maximum atomic E-state index is 13.0. The van der Waals surface area contributed by atoms with Crippen LogP contribution in [0.2, 0.25) is 0 Å². The van der Waals surface area contributed by atoms with Gasteiger partial charge in [0.2, 0.25) is 5.91 Å². The van der Waals surface area contributed by atoms with E-state index in [1.807, 2.05) is 4.90 Å². The molecule has 1 N–H and O–H groups in total. The lowest BCUT2D eigenvalue weighted by Gasteiger charge is -2.34. The lowest BCUT2D eigenvalue weighted by Crippen LogP contribution is -2.37. The zero-order valence-electron chi connectivity index (χ0n) is 18.7. The zero-order valence-corrected chi connectivity index (χ0v) is 18.7. The van der Waals surface area contributed by atoms with Crippen molar-refractivity contribution in [2.24, 2.45) is 11.8 Å². The second-order valence-electron chi connectivity index (χ2n) is 9.09. The number of aromatic nitrogens is 2. The number of Topliss-reactive ketones (excluding diaryl/α,β-unsaturated/α-hetero) is 1. The van der Waals surface area contributed by atoms with Crippen LogP contribution in [-0.2, 0) is 11.0 Å². The second-order valence-corrected chi connectivity index (χ2v) is 9.09. The highest BCUT2D eigenvalue weighted by atomic mass is 19.4. The fourth-order valence-corrected chi connectivity index (χ4v) is 4.33. The fourth-order valence-electron chi connectivity index (χ4n) is 4.33. The number of piperidine rings is 1. The van der Waals surface area contributed by atoms with Gasteiger partial charge in [0.05, 0.1) is 5.56 Å². The molecule has 0 bridgehead atoms. The number of rotatable bonds is 6. The Hall–Kier alpha value is -2.97. The quantitative estimate of drug-likeness (QED) is 0.618. The van der Waals surface area contributed by atoms with Crippen LogP contribution in [0.5, 0.6) is 0 Å². The van der Waals surface area contributed by atoms with E-state index in [1.165, 1.54) is 0 Å². The van der Waals surface area contributed by atoms with E-state index >= 15 is 0 Å². The van der Waals surface area contributed by atoms with Crippen LogP contribution in [0.3, 0.4) is 0 Å². The van der Waals surface area contributed by atoms with Gasteiger partial charge in [-0.25, -0.2) is 9.97 Å². The van der Waals surface area contributed by atoms with Gasteiger partial charge in [-0.1, -0.05) is 0 Å². The van der Waals surface area contributed by atoms with Crippen LogP contribution < -0.4 is 10.2 Å². The Morgan fingerprint density at radius 1 is 1.15 bits per heavy atom. The Morgan fingerprint density at radius 3 is 2.58 bits per heavy atom. The molecule has 4 rings (SSSR count). The molecule has 2 aromatic heterocycles. The van der Waals surface area contributed by atoms with E-state index in [0.29, 0.717) is 48.0 Å². The molecule has 2 aromatic rings. The first-order valence-electron chi connectivity index (χ1n) is 11.2. The molecule has 0 aromatic carbocycles. The third-order valence-electron chi connectivity index (χ3n) is 6.15. The SMILES string of the molecule is Cc1cc(C(=O)C[C@@H]2CCCN(c3ncc(C(F)(F)F)cc3C)C2)cc(NC(=O)C2CC2)n1. The van der Waals surface area contributed by atoms with E-state index in [9.17, 15) is 22.8 Å². The van der Waals surface area contributed by atoms with Crippen LogP contribution in [-0.4, -0.2) is 34.7 Å². The molecule has 2 fully saturated rings. The van der Waals surface area contributed by atoms with Gasteiger partial charge in [-0.3, -0.25) is 9.59 Å². The number of aryl methyl sites for hydroxylation is 2. The van der Waals surface area contributed by atoms with Gasteiger partial charge in [0.15, 0.2) is 5.78 Å². The molecule has 6 nitrogen and oxygen atoms in total. The average molecular weight is 461 g/mol. The van der Waals surface area contributed by atoms with Gasteiger partial charge in [-0.2, -0.15) is 13.2 Å². The van der Waals surface area contributed by atoms with Crippen molar-refractivity contribution in [2.75, 3.05) is 23.3 Å². The van der Waals surface area contributed by atoms with E-state index in [-0.39, 0.29) is 23.5 Å². The molecular formula is C24H27F3N4O2. The first-order chi connectivity index (χ1) is 15.6. The van der Waals surface area contributed by atoms with E-state index in [2.05, 4.69) is 15.3 Å². The smallest absolute Gasteiger partial charge is 0.356 e. The first kappa shape index (κ1) is 23.2. The number of nitrogens with zero attached hydrogens (tertiary/aromatic N) is 3. The van der Waals surface area contributed by atoms with Gasteiger partial charge >= 0.3 is 6.18 Å². The summed E-state index contributed by atoms with van der Waals surface area (Å²) in [5, 5.41) is 2.79. The van der Waals surface area contributed by atoms with Gasteiger partial charge in [-0.05, 0) is 69.2 Å². The van der Waals surface area contributed by atoms with Crippen LogP contribution in [0, 0.1) is 25.7 Å². The van der Waals surface area contributed by atoms with Crippen LogP contribution >= 0.6 is 0 Å². The Kier molecular flexibility index (Phi) is 6.41. The van der Waals surface area contributed by atoms with Gasteiger partial charge in [0.1, 0.15) is 11.6 Å². The maximum absolute atomic E-state index is 13.0. The Balaban J connectivity index is 1.43. The molecule has 0 spiro atoms. The minimum atomic E-state index is -4.42. The van der Waals surface area contributed by atoms with Crippen LogP contribution in [0.25, 0.3) is 0 Å². The second kappa shape index (κ2) is 9.11. The highest BCUT2D eigenvalue weighted by Gasteiger charge is 2.33. The summed E-state index contributed by atoms with van der Waals surface area (Å²) in [5.41, 5.74) is 0.874. The number of hydrogen-bond donors (Lipinski definition) is 1. The molecule has 1 aliphatic heterocycles. The van der Waals surface area contributed by atoms with E-state index < -0.39 is 11.7 Å². The summed E-state index contributed by atoms with van der Waals surface area (Å²) in [7, 11) is 0. The molecule has 1 saturated carbocycles. The number of hydrogen-bond acceptors (Lipinski definition) is 5. The minimum Gasteiger partial charge on any atom is -0.356 e. The summed E-state index contributed by atoms with van der Waals surface area (Å²) in [6.07, 6.45) is 0.218. The predicted octanol–water partition coefficient (Wildman–Crippen LogP) is 4.95. The fraction of sp³-hybridized carbons (Fsp3) is 0.500. The maximum Gasteiger partial charge on any atom is 0.417 e. The molecule has 1 atom stereocenters.